The summed E-state index contributed by atoms with van der Waals surface area (Å²) in [7, 11) is 0. The molecule has 0 saturated carbocycles. The summed E-state index contributed by atoms with van der Waals surface area (Å²) in [5.74, 6) is -0.473. The van der Waals surface area contributed by atoms with Crippen molar-refractivity contribution in [1.29, 1.82) is 0 Å². The number of nitrogens with one attached hydrogen (secondary N) is 1. The zero-order valence-corrected chi connectivity index (χ0v) is 7.23. The van der Waals surface area contributed by atoms with Gasteiger partial charge in [0.05, 0.1) is 17.4 Å². The first-order valence-electron chi connectivity index (χ1n) is 4.03. The fourth-order valence-corrected chi connectivity index (χ4v) is 1.15. The molecule has 0 unspecified atom stereocenters. The van der Waals surface area contributed by atoms with Gasteiger partial charge in [0.1, 0.15) is 5.75 Å². The van der Waals surface area contributed by atoms with Crippen molar-refractivity contribution in [2.45, 2.75) is 0 Å². The number of H-pyrrole nitrogens is 1. The van der Waals surface area contributed by atoms with E-state index in [1.165, 1.54) is 0 Å². The molecular formula is C9H8N2O3. The molecule has 2 aromatic rings. The maximum atomic E-state index is 10.2. The molecule has 0 radical (unpaired) electrons. The van der Waals surface area contributed by atoms with Crippen LogP contribution in [0, 0.1) is 0 Å². The Morgan fingerprint density at radius 1 is 1.57 bits per heavy atom. The molecule has 0 spiro atoms. The molecule has 5 heteroatoms. The summed E-state index contributed by atoms with van der Waals surface area (Å²) in [5.41, 5.74) is 1.65. The molecule has 0 amide bonds. The first-order chi connectivity index (χ1) is 6.75. The number of hydrogen-bond acceptors (Lipinski definition) is 3. The first-order valence-corrected chi connectivity index (χ1v) is 4.03. The summed E-state index contributed by atoms with van der Waals surface area (Å²) in [6.45, 7) is -0.334. The van der Waals surface area contributed by atoms with Gasteiger partial charge in [-0.2, -0.15) is 0 Å². The number of carboxylic acids is 1. The Kier molecular flexibility index (Phi) is 2.06. The van der Waals surface area contributed by atoms with Gasteiger partial charge in [-0.3, -0.25) is 0 Å². The smallest absolute Gasteiger partial charge is 0.341 e. The van der Waals surface area contributed by atoms with Gasteiger partial charge in [-0.15, -0.1) is 0 Å². The van der Waals surface area contributed by atoms with Gasteiger partial charge in [0.25, 0.3) is 0 Å². The van der Waals surface area contributed by atoms with Gasteiger partial charge in [0.2, 0.25) is 0 Å². The van der Waals surface area contributed by atoms with Crippen molar-refractivity contribution in [3.8, 4) is 5.75 Å². The lowest BCUT2D eigenvalue weighted by Gasteiger charge is -2.01. The van der Waals surface area contributed by atoms with Crippen LogP contribution in [0.15, 0.2) is 24.5 Å². The summed E-state index contributed by atoms with van der Waals surface area (Å²) in [6, 6.07) is 5.17. The van der Waals surface area contributed by atoms with Gasteiger partial charge in [-0.25, -0.2) is 9.78 Å². The first kappa shape index (κ1) is 8.55. The van der Waals surface area contributed by atoms with E-state index in [4.69, 9.17) is 9.84 Å². The third kappa shape index (κ3) is 1.66. The molecule has 0 aliphatic carbocycles. The number of nitrogens with zero attached hydrogens (tertiary/aromatic N) is 1. The van der Waals surface area contributed by atoms with Crippen LogP contribution in [-0.2, 0) is 4.79 Å². The molecule has 0 fully saturated rings. The van der Waals surface area contributed by atoms with E-state index in [0.717, 1.165) is 11.0 Å². The van der Waals surface area contributed by atoms with Crippen LogP contribution in [0.25, 0.3) is 11.0 Å². The summed E-state index contributed by atoms with van der Waals surface area (Å²) in [6.07, 6.45) is 1.58. The third-order valence-corrected chi connectivity index (χ3v) is 1.75. The van der Waals surface area contributed by atoms with Gasteiger partial charge in [0.15, 0.2) is 6.61 Å². The number of aromatic nitrogens is 2. The number of aliphatic carboxylic acids is 1. The zero-order valence-electron chi connectivity index (χ0n) is 7.23. The number of imidazole rings is 1. The van der Waals surface area contributed by atoms with Gasteiger partial charge < -0.3 is 14.8 Å². The average Bonchev–Trinajstić information content (AvgIpc) is 2.61. The number of benzene rings is 1. The summed E-state index contributed by atoms with van der Waals surface area (Å²) in [5, 5.41) is 8.40. The summed E-state index contributed by atoms with van der Waals surface area (Å²) in [4.78, 5) is 17.2. The van der Waals surface area contributed by atoms with Crippen LogP contribution in [0.2, 0.25) is 0 Å². The van der Waals surface area contributed by atoms with Crippen molar-refractivity contribution in [2.75, 3.05) is 6.61 Å². The zero-order chi connectivity index (χ0) is 9.97. The molecule has 1 aromatic heterocycles. The molecule has 5 nitrogen and oxygen atoms in total. The molecular weight excluding hydrogens is 184 g/mol. The molecule has 0 bridgehead atoms. The molecule has 1 aromatic carbocycles. The third-order valence-electron chi connectivity index (χ3n) is 1.75. The van der Waals surface area contributed by atoms with Crippen LogP contribution in [0.1, 0.15) is 0 Å². The second-order valence-electron chi connectivity index (χ2n) is 2.76. The lowest BCUT2D eigenvalue weighted by Crippen LogP contribution is -2.09. The maximum Gasteiger partial charge on any atom is 0.341 e. The van der Waals surface area contributed by atoms with E-state index in [1.54, 1.807) is 24.5 Å². The highest BCUT2D eigenvalue weighted by Crippen LogP contribution is 2.17. The Hall–Kier alpha value is -2.04. The van der Waals surface area contributed by atoms with Crippen molar-refractivity contribution >= 4 is 17.0 Å². The van der Waals surface area contributed by atoms with E-state index < -0.39 is 5.97 Å². The lowest BCUT2D eigenvalue weighted by molar-refractivity contribution is -0.139. The van der Waals surface area contributed by atoms with E-state index in [9.17, 15) is 4.79 Å². The number of carbonyl (C=O) groups is 1. The number of ether oxygens (including phenoxy) is 1. The number of carboxylic acid groups (broad SMARTS) is 1. The summed E-state index contributed by atoms with van der Waals surface area (Å²) < 4.78 is 5.00. The minimum absolute atomic E-state index is 0.334. The molecule has 0 aliphatic rings. The van der Waals surface area contributed by atoms with Gasteiger partial charge in [-0.1, -0.05) is 0 Å². The molecule has 0 atom stereocenters. The number of hydrogen-bond donors (Lipinski definition) is 2. The normalized spacial score (nSPS) is 10.3. The van der Waals surface area contributed by atoms with E-state index in [1.807, 2.05) is 0 Å². The molecule has 14 heavy (non-hydrogen) atoms. The highest BCUT2D eigenvalue weighted by Gasteiger charge is 2.01. The molecule has 72 valence electrons. The second kappa shape index (κ2) is 3.37. The minimum atomic E-state index is -0.991. The Bertz CT molecular complexity index is 464. The Labute approximate surface area is 79.3 Å². The highest BCUT2D eigenvalue weighted by atomic mass is 16.5. The maximum absolute atomic E-state index is 10.2. The fraction of sp³-hybridized carbons (Fsp3) is 0.111. The van der Waals surface area contributed by atoms with Crippen molar-refractivity contribution in [3.63, 3.8) is 0 Å². The van der Waals surface area contributed by atoms with Gasteiger partial charge in [-0.05, 0) is 12.1 Å². The Morgan fingerprint density at radius 2 is 2.43 bits per heavy atom. The van der Waals surface area contributed by atoms with Gasteiger partial charge in [0, 0.05) is 6.07 Å². The average molecular weight is 192 g/mol. The van der Waals surface area contributed by atoms with E-state index in [2.05, 4.69) is 9.97 Å². The molecule has 1 heterocycles. The molecule has 0 saturated heterocycles. The molecule has 2 rings (SSSR count). The van der Waals surface area contributed by atoms with Crippen molar-refractivity contribution < 1.29 is 14.6 Å². The second-order valence-corrected chi connectivity index (χ2v) is 2.76. The van der Waals surface area contributed by atoms with Gasteiger partial charge >= 0.3 is 5.97 Å². The van der Waals surface area contributed by atoms with Crippen LogP contribution in [0.5, 0.6) is 5.75 Å². The predicted molar refractivity (Wildman–Crippen MR) is 49.2 cm³/mol. The lowest BCUT2D eigenvalue weighted by atomic mass is 10.3. The molecule has 0 aliphatic heterocycles. The largest absolute Gasteiger partial charge is 0.482 e. The van der Waals surface area contributed by atoms with Crippen LogP contribution in [0.4, 0.5) is 0 Å². The Balaban J connectivity index is 2.21. The van der Waals surface area contributed by atoms with Crippen molar-refractivity contribution in [2.24, 2.45) is 0 Å². The van der Waals surface area contributed by atoms with Crippen molar-refractivity contribution in [1.82, 2.24) is 9.97 Å². The van der Waals surface area contributed by atoms with E-state index in [-0.39, 0.29) is 6.61 Å². The van der Waals surface area contributed by atoms with Crippen molar-refractivity contribution in [3.05, 3.63) is 24.5 Å². The number of fused-ring (bicyclic) bond motifs is 1. The predicted octanol–water partition coefficient (Wildman–Crippen LogP) is 1.03. The fourth-order valence-electron chi connectivity index (χ4n) is 1.15. The van der Waals surface area contributed by atoms with Crippen LogP contribution in [-0.4, -0.2) is 27.7 Å². The van der Waals surface area contributed by atoms with E-state index >= 15 is 0 Å². The minimum Gasteiger partial charge on any atom is -0.482 e. The standard InChI is InChI=1S/C9H8N2O3/c12-9(13)4-14-6-1-2-7-8(3-6)11-5-10-7/h1-3,5H,4H2,(H,10,11)(H,12,13). The number of rotatable bonds is 3. The summed E-state index contributed by atoms with van der Waals surface area (Å²) >= 11 is 0. The quantitative estimate of drug-likeness (QED) is 0.761. The highest BCUT2D eigenvalue weighted by molar-refractivity contribution is 5.76. The monoisotopic (exact) mass is 192 g/mol. The molecule has 2 N–H and O–H groups in total. The topological polar surface area (TPSA) is 75.2 Å². The van der Waals surface area contributed by atoms with E-state index in [0.29, 0.717) is 5.75 Å². The van der Waals surface area contributed by atoms with Crippen LogP contribution >= 0.6 is 0 Å². The SMILES string of the molecule is O=C(O)COc1ccc2nc[nH]c2c1. The Morgan fingerprint density at radius 3 is 3.21 bits per heavy atom. The van der Waals surface area contributed by atoms with Crippen LogP contribution < -0.4 is 4.74 Å². The van der Waals surface area contributed by atoms with Crippen LogP contribution in [0.3, 0.4) is 0 Å². The number of aromatic amines is 1.